The molecule has 0 N–H and O–H groups in total. The van der Waals surface area contributed by atoms with Crippen LogP contribution in [0.4, 0.5) is 0 Å². The number of hydrogen-bond acceptors (Lipinski definition) is 5. The molecule has 0 saturated carbocycles. The van der Waals surface area contributed by atoms with E-state index in [4.69, 9.17) is 0 Å². The predicted molar refractivity (Wildman–Crippen MR) is 86.5 cm³/mol. The molecule has 1 unspecified atom stereocenters. The number of rotatable bonds is 2. The van der Waals surface area contributed by atoms with Crippen molar-refractivity contribution in [3.8, 4) is 0 Å². The van der Waals surface area contributed by atoms with Gasteiger partial charge in [-0.05, 0) is 55.4 Å². The van der Waals surface area contributed by atoms with Crippen LogP contribution in [0, 0.1) is 0 Å². The maximum atomic E-state index is 12.4. The van der Waals surface area contributed by atoms with Crippen molar-refractivity contribution < 1.29 is 4.21 Å². The smallest absolute Gasteiger partial charge is 0.0571 e. The molecule has 1 aromatic rings. The van der Waals surface area contributed by atoms with Gasteiger partial charge < -0.3 is 0 Å². The summed E-state index contributed by atoms with van der Waals surface area (Å²) in [6.45, 7) is 4.40. The SMILES string of the molecule is CCc1c2c(c(CC)c3c1SCCS3=O)SSS2. The van der Waals surface area contributed by atoms with E-state index < -0.39 is 10.8 Å². The molecule has 0 aromatic heterocycles. The monoisotopic (exact) mass is 334 g/mol. The van der Waals surface area contributed by atoms with Gasteiger partial charge in [0.25, 0.3) is 0 Å². The minimum atomic E-state index is -0.784. The van der Waals surface area contributed by atoms with Gasteiger partial charge in [-0.1, -0.05) is 13.8 Å². The van der Waals surface area contributed by atoms with E-state index in [1.54, 1.807) is 0 Å². The molecule has 6 heteroatoms. The van der Waals surface area contributed by atoms with E-state index in [0.29, 0.717) is 0 Å². The van der Waals surface area contributed by atoms with E-state index in [1.165, 1.54) is 30.7 Å². The summed E-state index contributed by atoms with van der Waals surface area (Å²) in [4.78, 5) is 5.36. The summed E-state index contributed by atoms with van der Waals surface area (Å²) >= 11 is 1.91. The van der Waals surface area contributed by atoms with Crippen LogP contribution in [0.1, 0.15) is 25.0 Å². The van der Waals surface area contributed by atoms with Gasteiger partial charge in [0, 0.05) is 26.2 Å². The van der Waals surface area contributed by atoms with Crippen molar-refractivity contribution in [1.29, 1.82) is 0 Å². The topological polar surface area (TPSA) is 17.1 Å². The zero-order valence-electron chi connectivity index (χ0n) is 10.3. The molecule has 2 aliphatic rings. The van der Waals surface area contributed by atoms with Crippen molar-refractivity contribution in [1.82, 2.24) is 0 Å². The molecule has 2 aliphatic heterocycles. The van der Waals surface area contributed by atoms with E-state index in [-0.39, 0.29) is 0 Å². The molecule has 0 aliphatic carbocycles. The van der Waals surface area contributed by atoms with Gasteiger partial charge in [-0.2, -0.15) is 0 Å². The van der Waals surface area contributed by atoms with Crippen LogP contribution < -0.4 is 0 Å². The third-order valence-corrected chi connectivity index (χ3v) is 10.3. The maximum Gasteiger partial charge on any atom is 0.0571 e. The van der Waals surface area contributed by atoms with Crippen molar-refractivity contribution >= 4 is 54.0 Å². The molecule has 3 rings (SSSR count). The Labute approximate surface area is 126 Å². The van der Waals surface area contributed by atoms with E-state index in [2.05, 4.69) is 13.8 Å². The zero-order valence-corrected chi connectivity index (χ0v) is 14.4. The number of thioether (sulfide) groups is 1. The maximum absolute atomic E-state index is 12.4. The van der Waals surface area contributed by atoms with Crippen molar-refractivity contribution in [3.63, 3.8) is 0 Å². The summed E-state index contributed by atoms with van der Waals surface area (Å²) in [5.41, 5.74) is 2.79. The second-order valence-corrected chi connectivity index (χ2v) is 10.6. The minimum Gasteiger partial charge on any atom is -0.254 e. The zero-order chi connectivity index (χ0) is 12.7. The van der Waals surface area contributed by atoms with Crippen LogP contribution in [0.15, 0.2) is 19.6 Å². The van der Waals surface area contributed by atoms with Crippen molar-refractivity contribution in [2.75, 3.05) is 11.5 Å². The second kappa shape index (κ2) is 5.64. The van der Waals surface area contributed by atoms with E-state index >= 15 is 0 Å². The molecule has 0 spiro atoms. The third kappa shape index (κ3) is 2.08. The van der Waals surface area contributed by atoms with Crippen molar-refractivity contribution in [2.24, 2.45) is 0 Å². The normalized spacial score (nSPS) is 21.8. The molecule has 0 saturated heterocycles. The van der Waals surface area contributed by atoms with Gasteiger partial charge in [0.05, 0.1) is 15.7 Å². The molecule has 0 radical (unpaired) electrons. The Hall–Kier alpha value is 0.770. The standard InChI is InChI=1S/C12H14OS5/c1-3-7-9-10(16-17-15-9)8(4-2)12-11(7)14-5-6-18(12)13/h3-6H2,1-2H3. The Morgan fingerprint density at radius 1 is 1.06 bits per heavy atom. The number of hydrogen-bond donors (Lipinski definition) is 0. The highest BCUT2D eigenvalue weighted by Gasteiger charge is 2.31. The minimum absolute atomic E-state index is 0.784. The van der Waals surface area contributed by atoms with E-state index in [9.17, 15) is 4.21 Å². The highest BCUT2D eigenvalue weighted by Crippen LogP contribution is 2.60. The van der Waals surface area contributed by atoms with Crippen LogP contribution >= 0.6 is 43.2 Å². The average Bonchev–Trinajstić information content (AvgIpc) is 2.85. The number of fused-ring (bicyclic) bond motifs is 2. The second-order valence-electron chi connectivity index (χ2n) is 4.11. The van der Waals surface area contributed by atoms with Gasteiger partial charge in [0.1, 0.15) is 0 Å². The summed E-state index contributed by atoms with van der Waals surface area (Å²) in [6.07, 6.45) is 2.04. The Morgan fingerprint density at radius 2 is 1.72 bits per heavy atom. The molecule has 0 bridgehead atoms. The van der Waals surface area contributed by atoms with Crippen molar-refractivity contribution in [2.45, 2.75) is 46.3 Å². The highest BCUT2D eigenvalue weighted by molar-refractivity contribution is 9.10. The van der Waals surface area contributed by atoms with Gasteiger partial charge in [-0.25, -0.2) is 0 Å². The predicted octanol–water partition coefficient (Wildman–Crippen LogP) is 4.79. The van der Waals surface area contributed by atoms with Crippen LogP contribution in [0.2, 0.25) is 0 Å². The first-order chi connectivity index (χ1) is 8.77. The molecular weight excluding hydrogens is 320 g/mol. The third-order valence-electron chi connectivity index (χ3n) is 3.19. The highest BCUT2D eigenvalue weighted by atomic mass is 33.5. The van der Waals surface area contributed by atoms with Gasteiger partial charge in [-0.15, -0.1) is 11.8 Å². The van der Waals surface area contributed by atoms with Gasteiger partial charge in [0.2, 0.25) is 0 Å². The lowest BCUT2D eigenvalue weighted by Gasteiger charge is -2.23. The Morgan fingerprint density at radius 3 is 2.39 bits per heavy atom. The Bertz CT molecular complexity index is 526. The lowest BCUT2D eigenvalue weighted by molar-refractivity contribution is 0.678. The number of benzene rings is 1. The molecule has 1 atom stereocenters. The summed E-state index contributed by atoms with van der Waals surface area (Å²) in [7, 11) is 4.81. The summed E-state index contributed by atoms with van der Waals surface area (Å²) in [5, 5.41) is 0. The van der Waals surface area contributed by atoms with Crippen LogP contribution in [0.3, 0.4) is 0 Å². The first-order valence-corrected chi connectivity index (χ1v) is 11.8. The molecule has 2 heterocycles. The molecule has 1 nitrogen and oxygen atoms in total. The fourth-order valence-electron chi connectivity index (χ4n) is 2.37. The molecule has 0 amide bonds. The first-order valence-electron chi connectivity index (χ1n) is 6.02. The fourth-order valence-corrected chi connectivity index (χ4v) is 10.8. The van der Waals surface area contributed by atoms with E-state index in [1.807, 2.05) is 43.2 Å². The van der Waals surface area contributed by atoms with E-state index in [0.717, 1.165) is 24.3 Å². The van der Waals surface area contributed by atoms with Gasteiger partial charge in [0.15, 0.2) is 0 Å². The Kier molecular flexibility index (Phi) is 4.30. The molecule has 0 fully saturated rings. The fraction of sp³-hybridized carbons (Fsp3) is 0.500. The first kappa shape index (κ1) is 13.7. The molecular formula is C12H14OS5. The van der Waals surface area contributed by atoms with Crippen LogP contribution in [-0.2, 0) is 23.6 Å². The quantitative estimate of drug-likeness (QED) is 0.721. The van der Waals surface area contributed by atoms with Gasteiger partial charge in [-0.3, -0.25) is 4.21 Å². The largest absolute Gasteiger partial charge is 0.254 e. The lowest BCUT2D eigenvalue weighted by atomic mass is 10.1. The van der Waals surface area contributed by atoms with Gasteiger partial charge >= 0.3 is 0 Å². The summed E-state index contributed by atoms with van der Waals surface area (Å²) < 4.78 is 12.4. The molecule has 98 valence electrons. The Balaban J connectivity index is 2.34. The summed E-state index contributed by atoms with van der Waals surface area (Å²) in [5.74, 6) is 1.82. The van der Waals surface area contributed by atoms with Crippen molar-refractivity contribution in [3.05, 3.63) is 11.1 Å². The summed E-state index contributed by atoms with van der Waals surface area (Å²) in [6, 6.07) is 0. The molecule has 18 heavy (non-hydrogen) atoms. The van der Waals surface area contributed by atoms with Crippen LogP contribution in [0.25, 0.3) is 0 Å². The van der Waals surface area contributed by atoms with Crippen LogP contribution in [0.5, 0.6) is 0 Å². The molecule has 1 aromatic carbocycles. The van der Waals surface area contributed by atoms with Crippen LogP contribution in [-0.4, -0.2) is 15.7 Å². The average molecular weight is 335 g/mol. The lowest BCUT2D eigenvalue weighted by Crippen LogP contribution is -2.14.